The van der Waals surface area contributed by atoms with Crippen LogP contribution >= 0.6 is 0 Å². The average Bonchev–Trinajstić information content (AvgIpc) is 3.90. The van der Waals surface area contributed by atoms with Crippen LogP contribution in [0.2, 0.25) is 0 Å². The van der Waals surface area contributed by atoms with Crippen molar-refractivity contribution in [3.8, 4) is 67.5 Å². The molecule has 13 rings (SSSR count). The molecule has 3 aliphatic heterocycles. The predicted octanol–water partition coefficient (Wildman–Crippen LogP) is 13.0. The number of pyridine rings is 1. The first kappa shape index (κ1) is 28.9. The van der Waals surface area contributed by atoms with Crippen molar-refractivity contribution in [2.45, 2.75) is 6.85 Å². The van der Waals surface area contributed by atoms with Crippen LogP contribution < -0.4 is 19.8 Å². The van der Waals surface area contributed by atoms with E-state index in [1.54, 1.807) is 6.07 Å². The van der Waals surface area contributed by atoms with Crippen LogP contribution in [0.4, 0.5) is 22.9 Å². The molecular weight excluding hydrogens is 953 g/mol. The van der Waals surface area contributed by atoms with E-state index in [2.05, 4.69) is 106 Å². The van der Waals surface area contributed by atoms with Crippen molar-refractivity contribution in [1.29, 1.82) is 0 Å². The van der Waals surface area contributed by atoms with Gasteiger partial charge in [0.25, 0.3) is 0 Å². The van der Waals surface area contributed by atoms with Crippen LogP contribution in [0.1, 0.15) is 16.5 Å². The second kappa shape index (κ2) is 14.0. The Morgan fingerprint density at radius 1 is 0.556 bits per heavy atom. The summed E-state index contributed by atoms with van der Waals surface area (Å²) >= 11 is 2.25. The standard InChI is InChI=1S/C55H36BN5O.Pt/c1-36-32-45(37-16-4-2-5-17-37)54(46(33-36)38-18-6-3-7-19-38)59-35-58(48-26-10-11-27-49(48)59)39-20-14-21-40(34-39)62-52-31-30-44-43-24-15-23-42-41-22-8-9-25-47(41)60-50-28-12-13-29-51(50)61(55(44)57-52)56(60)53(42)43;/h2-34H,1H3;/i1D3,2D,4D,5D,16D,17D;. The molecule has 0 spiro atoms. The SMILES string of the molecule is [2H]c1c([2H])c([2H])c(-c2cc(C([2H])([2H])[2H])cc(-c3ccccc3)c2-n2[c](=[Pt])n(-c3cccc(Oc4ccc5c(n4)N4B6c7c(cccc7-5)-c5ccccc5N6c5ccccc54)c3)c3ccccc32)c([2H])c1[2H]. The van der Waals surface area contributed by atoms with Gasteiger partial charge in [0.1, 0.15) is 0 Å². The first-order valence-corrected chi connectivity index (χ1v) is 21.7. The zero-order chi connectivity index (χ0) is 48.6. The molecule has 8 aromatic carbocycles. The van der Waals surface area contributed by atoms with Crippen LogP contribution in [0, 0.1) is 10.7 Å². The summed E-state index contributed by atoms with van der Waals surface area (Å²) in [6, 6.07) is 53.0. The molecular formula is C55H36BN5OPt. The number of para-hydroxylation sites is 5. The van der Waals surface area contributed by atoms with Crippen LogP contribution in [0.5, 0.6) is 11.6 Å². The normalized spacial score (nSPS) is 14.9. The predicted molar refractivity (Wildman–Crippen MR) is 253 cm³/mol. The number of anilines is 4. The molecule has 6 nitrogen and oxygen atoms in total. The van der Waals surface area contributed by atoms with E-state index in [0.29, 0.717) is 32.2 Å². The average molecular weight is 997 g/mol. The zero-order valence-electron chi connectivity index (χ0n) is 41.2. The summed E-state index contributed by atoms with van der Waals surface area (Å²) in [6.07, 6.45) is 0. The summed E-state index contributed by atoms with van der Waals surface area (Å²) in [6.45, 7) is -2.74. The van der Waals surface area contributed by atoms with E-state index in [-0.39, 0.29) is 23.7 Å². The van der Waals surface area contributed by atoms with E-state index in [9.17, 15) is 0 Å². The molecule has 0 radical (unpaired) electrons. The molecule has 0 amide bonds. The maximum absolute atomic E-state index is 9.15. The number of aromatic nitrogens is 3. The van der Waals surface area contributed by atoms with Crippen molar-refractivity contribution in [2.75, 3.05) is 9.62 Å². The molecule has 8 heteroatoms. The monoisotopic (exact) mass is 996 g/mol. The number of hydrogen-bond donors (Lipinski definition) is 0. The van der Waals surface area contributed by atoms with Gasteiger partial charge >= 0.3 is 318 Å². The summed E-state index contributed by atoms with van der Waals surface area (Å²) in [7, 11) is 0. The van der Waals surface area contributed by atoms with Gasteiger partial charge < -0.3 is 0 Å². The van der Waals surface area contributed by atoms with Gasteiger partial charge in [0.05, 0.1) is 0 Å². The van der Waals surface area contributed by atoms with E-state index in [1.807, 2.05) is 89.5 Å². The molecule has 0 saturated heterocycles. The van der Waals surface area contributed by atoms with Gasteiger partial charge in [0.2, 0.25) is 0 Å². The van der Waals surface area contributed by atoms with Crippen molar-refractivity contribution in [3.05, 3.63) is 209 Å². The summed E-state index contributed by atoms with van der Waals surface area (Å²) in [5.74, 6) is 1.75. The number of imidazole rings is 1. The second-order valence-electron chi connectivity index (χ2n) is 15.7. The van der Waals surface area contributed by atoms with Crippen LogP contribution in [0.25, 0.3) is 66.9 Å². The van der Waals surface area contributed by atoms with Crippen LogP contribution in [0.3, 0.4) is 0 Å². The zero-order valence-corrected chi connectivity index (χ0v) is 35.5. The molecule has 0 saturated carbocycles. The van der Waals surface area contributed by atoms with Gasteiger partial charge in [-0.15, -0.1) is 0 Å². The quantitative estimate of drug-likeness (QED) is 0.156. The Balaban J connectivity index is 0.973. The van der Waals surface area contributed by atoms with Crippen LogP contribution in [-0.4, -0.2) is 21.1 Å². The van der Waals surface area contributed by atoms with E-state index in [1.165, 1.54) is 22.7 Å². The van der Waals surface area contributed by atoms with Crippen LogP contribution in [-0.2, 0) is 19.4 Å². The minimum atomic E-state index is -2.60. The van der Waals surface area contributed by atoms with Gasteiger partial charge in [-0.2, -0.15) is 0 Å². The Morgan fingerprint density at radius 2 is 1.21 bits per heavy atom. The number of fused-ring (bicyclic) bond motifs is 10. The molecule has 63 heavy (non-hydrogen) atoms. The third kappa shape index (κ3) is 5.43. The number of hydrogen-bond acceptors (Lipinski definition) is 4. The molecule has 0 fully saturated rings. The maximum atomic E-state index is 9.15. The molecule has 0 atom stereocenters. The molecule has 0 unspecified atom stereocenters. The van der Waals surface area contributed by atoms with Gasteiger partial charge in [-0.25, -0.2) is 0 Å². The fourth-order valence-electron chi connectivity index (χ4n) is 9.77. The number of rotatable bonds is 6. The van der Waals surface area contributed by atoms with Crippen molar-refractivity contribution in [3.63, 3.8) is 0 Å². The first-order chi connectivity index (χ1) is 34.4. The van der Waals surface area contributed by atoms with E-state index in [4.69, 9.17) is 20.7 Å². The number of nitrogens with zero attached hydrogens (tertiary/aromatic N) is 5. The fourth-order valence-corrected chi connectivity index (χ4v) is 10.9. The third-order valence-corrected chi connectivity index (χ3v) is 13.3. The molecule has 3 aliphatic rings. The van der Waals surface area contributed by atoms with Crippen molar-refractivity contribution >= 4 is 46.4 Å². The van der Waals surface area contributed by atoms with Crippen molar-refractivity contribution in [2.24, 2.45) is 0 Å². The van der Waals surface area contributed by atoms with Crippen molar-refractivity contribution in [1.82, 2.24) is 14.1 Å². The fraction of sp³-hybridized carbons (Fsp3) is 0.0182. The molecule has 2 aromatic heterocycles. The topological polar surface area (TPSA) is 38.5 Å². The van der Waals surface area contributed by atoms with Gasteiger partial charge in [-0.05, 0) is 17.7 Å². The summed E-state index contributed by atoms with van der Waals surface area (Å²) in [4.78, 5) is 10.0. The Labute approximate surface area is 387 Å². The Hall–Kier alpha value is -7.47. The Kier molecular flexibility index (Phi) is 6.45. The summed E-state index contributed by atoms with van der Waals surface area (Å²) in [5, 5.41) is 0. The van der Waals surface area contributed by atoms with Gasteiger partial charge in [0.15, 0.2) is 0 Å². The minimum absolute atomic E-state index is 0.0357. The Morgan fingerprint density at radius 3 is 2.00 bits per heavy atom. The van der Waals surface area contributed by atoms with E-state index >= 15 is 0 Å². The second-order valence-corrected chi connectivity index (χ2v) is 16.7. The first-order valence-electron chi connectivity index (χ1n) is 24.6. The van der Waals surface area contributed by atoms with Gasteiger partial charge in [-0.3, -0.25) is 0 Å². The van der Waals surface area contributed by atoms with Crippen LogP contribution in [0.15, 0.2) is 200 Å². The van der Waals surface area contributed by atoms with Gasteiger partial charge in [0, 0.05) is 11.3 Å². The van der Waals surface area contributed by atoms with E-state index in [0.717, 1.165) is 50.7 Å². The summed E-state index contributed by atoms with van der Waals surface area (Å²) < 4.78 is 81.2. The van der Waals surface area contributed by atoms with Crippen molar-refractivity contribution < 1.29 is 35.1 Å². The molecule has 0 N–H and O–H groups in total. The third-order valence-electron chi connectivity index (χ3n) is 12.3. The molecule has 0 aliphatic carbocycles. The van der Waals surface area contributed by atoms with E-state index < -0.39 is 37.1 Å². The Bertz CT molecular complexity index is 3960. The summed E-state index contributed by atoms with van der Waals surface area (Å²) in [5.41, 5.74) is 13.0. The number of aryl methyl sites for hydroxylation is 1. The molecule has 0 bridgehead atoms. The number of ether oxygens (including phenoxy) is 1. The van der Waals surface area contributed by atoms with Gasteiger partial charge in [-0.1, -0.05) is 42.5 Å². The molecule has 10 aromatic rings. The molecule has 5 heterocycles. The number of benzene rings is 8. The molecule has 300 valence electrons.